The first-order valence-corrected chi connectivity index (χ1v) is 5.06. The molecule has 0 saturated carbocycles. The van der Waals surface area contributed by atoms with Gasteiger partial charge < -0.3 is 9.84 Å². The van der Waals surface area contributed by atoms with Crippen LogP contribution in [0.15, 0.2) is 30.3 Å². The molecule has 1 N–H and O–H groups in total. The summed E-state index contributed by atoms with van der Waals surface area (Å²) in [5.74, 6) is -0.248. The Hall–Kier alpha value is -1.35. The van der Waals surface area contributed by atoms with E-state index in [9.17, 15) is 4.79 Å². The molecule has 0 radical (unpaired) electrons. The zero-order chi connectivity index (χ0) is 11.1. The number of aliphatic hydroxyl groups excluding tert-OH is 1. The van der Waals surface area contributed by atoms with Crippen LogP contribution < -0.4 is 0 Å². The number of hydrogen-bond donors (Lipinski definition) is 1. The molecule has 0 saturated heterocycles. The second-order valence-electron chi connectivity index (χ2n) is 3.52. The van der Waals surface area contributed by atoms with Crippen LogP contribution in [-0.2, 0) is 16.0 Å². The third kappa shape index (κ3) is 5.18. The third-order valence-electron chi connectivity index (χ3n) is 1.99. The van der Waals surface area contributed by atoms with Gasteiger partial charge in [0.2, 0.25) is 0 Å². The van der Waals surface area contributed by atoms with Crippen LogP contribution in [0.3, 0.4) is 0 Å². The minimum atomic E-state index is -0.422. The average molecular weight is 208 g/mol. The second-order valence-corrected chi connectivity index (χ2v) is 3.52. The molecule has 3 nitrogen and oxygen atoms in total. The molecule has 1 rings (SSSR count). The number of esters is 1. The maximum Gasteiger partial charge on any atom is 0.310 e. The van der Waals surface area contributed by atoms with Crippen molar-refractivity contribution in [1.29, 1.82) is 0 Å². The number of hydrogen-bond acceptors (Lipinski definition) is 3. The topological polar surface area (TPSA) is 46.5 Å². The van der Waals surface area contributed by atoms with Crippen LogP contribution in [-0.4, -0.2) is 23.8 Å². The Bertz CT molecular complexity index is 293. The Morgan fingerprint density at radius 1 is 1.40 bits per heavy atom. The van der Waals surface area contributed by atoms with E-state index in [1.165, 1.54) is 0 Å². The molecule has 0 aliphatic carbocycles. The molecule has 1 aromatic rings. The lowest BCUT2D eigenvalue weighted by molar-refractivity contribution is -0.143. The summed E-state index contributed by atoms with van der Waals surface area (Å²) in [7, 11) is 0. The zero-order valence-corrected chi connectivity index (χ0v) is 8.85. The Morgan fingerprint density at radius 2 is 2.07 bits per heavy atom. The van der Waals surface area contributed by atoms with Crippen molar-refractivity contribution in [3.63, 3.8) is 0 Å². The van der Waals surface area contributed by atoms with Gasteiger partial charge in [-0.05, 0) is 12.5 Å². The maximum absolute atomic E-state index is 11.3. The summed E-state index contributed by atoms with van der Waals surface area (Å²) in [6, 6.07) is 9.45. The molecule has 0 heterocycles. The van der Waals surface area contributed by atoms with Gasteiger partial charge in [-0.15, -0.1) is 0 Å². The summed E-state index contributed by atoms with van der Waals surface area (Å²) in [6.45, 7) is 1.95. The van der Waals surface area contributed by atoms with Crippen molar-refractivity contribution in [3.05, 3.63) is 35.9 Å². The van der Waals surface area contributed by atoms with Gasteiger partial charge in [-0.1, -0.05) is 30.3 Å². The Morgan fingerprint density at radius 3 is 2.67 bits per heavy atom. The number of aliphatic hydroxyl groups is 1. The molecule has 0 aromatic heterocycles. The molecule has 82 valence electrons. The lowest BCUT2D eigenvalue weighted by Gasteiger charge is -2.06. The van der Waals surface area contributed by atoms with Gasteiger partial charge in [0.1, 0.15) is 0 Å². The van der Waals surface area contributed by atoms with Crippen LogP contribution in [0.2, 0.25) is 0 Å². The Balaban J connectivity index is 2.25. The third-order valence-corrected chi connectivity index (χ3v) is 1.99. The highest BCUT2D eigenvalue weighted by atomic mass is 16.5. The summed E-state index contributed by atoms with van der Waals surface area (Å²) in [4.78, 5) is 11.3. The summed E-state index contributed by atoms with van der Waals surface area (Å²) in [5.41, 5.74) is 0.944. The fraction of sp³-hybridized carbons (Fsp3) is 0.417. The van der Waals surface area contributed by atoms with Gasteiger partial charge in [-0.2, -0.15) is 0 Å². The molecule has 15 heavy (non-hydrogen) atoms. The number of rotatable bonds is 5. The molecule has 0 aliphatic heterocycles. The highest BCUT2D eigenvalue weighted by molar-refractivity contribution is 5.72. The first-order chi connectivity index (χ1) is 7.18. The van der Waals surface area contributed by atoms with Crippen molar-refractivity contribution >= 4 is 5.97 Å². The highest BCUT2D eigenvalue weighted by Crippen LogP contribution is 2.01. The van der Waals surface area contributed by atoms with Crippen molar-refractivity contribution in [2.75, 3.05) is 6.61 Å². The van der Waals surface area contributed by atoms with Crippen LogP contribution in [0.4, 0.5) is 0 Å². The fourth-order valence-corrected chi connectivity index (χ4v) is 1.16. The summed E-state index contributed by atoms with van der Waals surface area (Å²) < 4.78 is 4.96. The molecule has 1 unspecified atom stereocenters. The van der Waals surface area contributed by atoms with Gasteiger partial charge in [0.25, 0.3) is 0 Å². The molecule has 1 atom stereocenters. The minimum absolute atomic E-state index is 0.248. The largest absolute Gasteiger partial charge is 0.465 e. The van der Waals surface area contributed by atoms with Gasteiger partial charge in [0.05, 0.1) is 19.1 Å². The Kier molecular flexibility index (Phi) is 4.84. The van der Waals surface area contributed by atoms with Gasteiger partial charge in [-0.25, -0.2) is 0 Å². The van der Waals surface area contributed by atoms with E-state index in [0.717, 1.165) is 5.56 Å². The van der Waals surface area contributed by atoms with Crippen molar-refractivity contribution in [3.8, 4) is 0 Å². The molecule has 0 spiro atoms. The highest BCUT2D eigenvalue weighted by Gasteiger charge is 2.04. The van der Waals surface area contributed by atoms with Crippen LogP contribution in [0, 0.1) is 0 Å². The summed E-state index contributed by atoms with van der Waals surface area (Å²) >= 11 is 0. The Labute approximate surface area is 89.7 Å². The fourth-order valence-electron chi connectivity index (χ4n) is 1.16. The quantitative estimate of drug-likeness (QED) is 0.747. The molecular weight excluding hydrogens is 192 g/mol. The van der Waals surface area contributed by atoms with Gasteiger partial charge >= 0.3 is 5.97 Å². The maximum atomic E-state index is 11.3. The molecule has 0 amide bonds. The predicted octanol–water partition coefficient (Wildman–Crippen LogP) is 1.54. The first-order valence-electron chi connectivity index (χ1n) is 5.06. The van der Waals surface area contributed by atoms with Crippen molar-refractivity contribution in [1.82, 2.24) is 0 Å². The number of carbonyl (C=O) groups is 1. The van der Waals surface area contributed by atoms with Crippen LogP contribution >= 0.6 is 0 Å². The monoisotopic (exact) mass is 208 g/mol. The van der Waals surface area contributed by atoms with Crippen LogP contribution in [0.5, 0.6) is 0 Å². The number of ether oxygens (including phenoxy) is 1. The standard InChI is InChI=1S/C12H16O3/c1-10(13)7-8-15-12(14)9-11-5-3-2-4-6-11/h2-6,10,13H,7-9H2,1H3. The van der Waals surface area contributed by atoms with E-state index in [2.05, 4.69) is 0 Å². The van der Waals surface area contributed by atoms with Crippen molar-refractivity contribution < 1.29 is 14.6 Å². The molecule has 3 heteroatoms. The number of benzene rings is 1. The SMILES string of the molecule is CC(O)CCOC(=O)Cc1ccccc1. The van der Waals surface area contributed by atoms with Crippen LogP contribution in [0.25, 0.3) is 0 Å². The molecule has 1 aromatic carbocycles. The first kappa shape index (κ1) is 11.7. The summed E-state index contributed by atoms with van der Waals surface area (Å²) in [5, 5.41) is 8.96. The van der Waals surface area contributed by atoms with E-state index in [1.54, 1.807) is 6.92 Å². The van der Waals surface area contributed by atoms with Crippen LogP contribution in [0.1, 0.15) is 18.9 Å². The zero-order valence-electron chi connectivity index (χ0n) is 8.85. The summed E-state index contributed by atoms with van der Waals surface area (Å²) in [6.07, 6.45) is 0.357. The lowest BCUT2D eigenvalue weighted by atomic mass is 10.2. The van der Waals surface area contributed by atoms with E-state index in [4.69, 9.17) is 9.84 Å². The van der Waals surface area contributed by atoms with Gasteiger partial charge in [0, 0.05) is 6.42 Å². The van der Waals surface area contributed by atoms with E-state index in [-0.39, 0.29) is 12.6 Å². The normalized spacial score (nSPS) is 12.1. The molecule has 0 aliphatic rings. The smallest absolute Gasteiger partial charge is 0.310 e. The van der Waals surface area contributed by atoms with Gasteiger partial charge in [0.15, 0.2) is 0 Å². The predicted molar refractivity (Wildman–Crippen MR) is 57.4 cm³/mol. The van der Waals surface area contributed by atoms with E-state index in [0.29, 0.717) is 12.8 Å². The molecule has 0 bridgehead atoms. The average Bonchev–Trinajstić information content (AvgIpc) is 2.18. The number of carbonyl (C=O) groups excluding carboxylic acids is 1. The minimum Gasteiger partial charge on any atom is -0.465 e. The van der Waals surface area contributed by atoms with Crippen molar-refractivity contribution in [2.45, 2.75) is 25.9 Å². The van der Waals surface area contributed by atoms with E-state index in [1.807, 2.05) is 30.3 Å². The second kappa shape index (κ2) is 6.19. The molecular formula is C12H16O3. The lowest BCUT2D eigenvalue weighted by Crippen LogP contribution is -2.12. The van der Waals surface area contributed by atoms with E-state index < -0.39 is 6.10 Å². The van der Waals surface area contributed by atoms with Crippen molar-refractivity contribution in [2.24, 2.45) is 0 Å². The molecule has 0 fully saturated rings. The van der Waals surface area contributed by atoms with E-state index >= 15 is 0 Å². The van der Waals surface area contributed by atoms with Gasteiger partial charge in [-0.3, -0.25) is 4.79 Å².